The Hall–Kier alpha value is -2.54. The van der Waals surface area contributed by atoms with E-state index in [0.717, 1.165) is 4.90 Å². The second-order valence-corrected chi connectivity index (χ2v) is 7.84. The van der Waals surface area contributed by atoms with Crippen LogP contribution < -0.4 is 10.6 Å². The van der Waals surface area contributed by atoms with Crippen molar-refractivity contribution in [1.82, 2.24) is 0 Å². The smallest absolute Gasteiger partial charge is 0.255 e. The highest BCUT2D eigenvalue weighted by Crippen LogP contribution is 2.26. The van der Waals surface area contributed by atoms with Crippen LogP contribution in [0.25, 0.3) is 0 Å². The van der Waals surface area contributed by atoms with Gasteiger partial charge in [0.2, 0.25) is 5.91 Å². The first-order valence-electron chi connectivity index (χ1n) is 8.45. The molecule has 148 valence electrons. The second kappa shape index (κ2) is 9.78. The van der Waals surface area contributed by atoms with E-state index in [4.69, 9.17) is 23.2 Å². The lowest BCUT2D eigenvalue weighted by Crippen LogP contribution is -2.14. The molecule has 0 aliphatic rings. The number of benzene rings is 3. The third-order valence-electron chi connectivity index (χ3n) is 3.79. The molecule has 0 aliphatic heterocycles. The number of carbonyl (C=O) groups excluding carboxylic acids is 2. The maximum atomic E-state index is 12.9. The Morgan fingerprint density at radius 2 is 1.59 bits per heavy atom. The predicted octanol–water partition coefficient (Wildman–Crippen LogP) is 6.12. The first-order chi connectivity index (χ1) is 13.9. The van der Waals surface area contributed by atoms with Crippen LogP contribution in [-0.4, -0.2) is 17.6 Å². The van der Waals surface area contributed by atoms with Crippen molar-refractivity contribution in [3.63, 3.8) is 0 Å². The van der Waals surface area contributed by atoms with Gasteiger partial charge in [0.1, 0.15) is 5.82 Å². The van der Waals surface area contributed by atoms with Gasteiger partial charge in [0.25, 0.3) is 5.91 Å². The summed E-state index contributed by atoms with van der Waals surface area (Å²) in [6, 6.07) is 17.2. The number of amides is 2. The van der Waals surface area contributed by atoms with Crippen molar-refractivity contribution in [1.29, 1.82) is 0 Å². The molecule has 0 unspecified atom stereocenters. The van der Waals surface area contributed by atoms with Gasteiger partial charge in [-0.05, 0) is 66.7 Å². The molecular weight excluding hydrogens is 434 g/mol. The molecule has 3 aromatic carbocycles. The van der Waals surface area contributed by atoms with Gasteiger partial charge in [-0.2, -0.15) is 0 Å². The zero-order chi connectivity index (χ0) is 20.8. The molecule has 2 N–H and O–H groups in total. The molecule has 0 saturated heterocycles. The Labute approximate surface area is 181 Å². The molecular formula is C21H15Cl2FN2O2S. The van der Waals surface area contributed by atoms with Crippen molar-refractivity contribution in [3.05, 3.63) is 88.2 Å². The van der Waals surface area contributed by atoms with Gasteiger partial charge in [-0.1, -0.05) is 23.2 Å². The lowest BCUT2D eigenvalue weighted by Gasteiger charge is -2.08. The van der Waals surface area contributed by atoms with Gasteiger partial charge in [-0.3, -0.25) is 9.59 Å². The van der Waals surface area contributed by atoms with Crippen LogP contribution in [0, 0.1) is 5.82 Å². The van der Waals surface area contributed by atoms with Gasteiger partial charge in [-0.25, -0.2) is 4.39 Å². The van der Waals surface area contributed by atoms with Crippen LogP contribution in [0.1, 0.15) is 10.4 Å². The number of anilines is 2. The minimum atomic E-state index is -0.398. The van der Waals surface area contributed by atoms with Gasteiger partial charge in [0.05, 0.1) is 16.5 Å². The summed E-state index contributed by atoms with van der Waals surface area (Å²) < 4.78 is 12.9. The summed E-state index contributed by atoms with van der Waals surface area (Å²) >= 11 is 13.2. The Bertz CT molecular complexity index is 1030. The Kier molecular flexibility index (Phi) is 7.14. The molecule has 0 heterocycles. The third kappa shape index (κ3) is 6.22. The molecule has 2 amide bonds. The Balaban J connectivity index is 1.51. The topological polar surface area (TPSA) is 58.2 Å². The molecule has 3 aromatic rings. The number of hydrogen-bond acceptors (Lipinski definition) is 3. The third-order valence-corrected chi connectivity index (χ3v) is 5.35. The monoisotopic (exact) mass is 448 g/mol. The summed E-state index contributed by atoms with van der Waals surface area (Å²) in [4.78, 5) is 25.1. The number of carbonyl (C=O) groups is 2. The lowest BCUT2D eigenvalue weighted by atomic mass is 10.2. The molecule has 0 fully saturated rings. The van der Waals surface area contributed by atoms with Crippen molar-refractivity contribution >= 4 is 58.2 Å². The standard InChI is InChI=1S/C21H15Cl2FN2O2S/c22-14-3-10-19(18(23)11-14)26-20(27)12-29-17-8-6-16(7-9-17)25-21(28)13-1-4-15(24)5-2-13/h1-11H,12H2,(H,25,28)(H,26,27). The minimum Gasteiger partial charge on any atom is -0.324 e. The maximum Gasteiger partial charge on any atom is 0.255 e. The van der Waals surface area contributed by atoms with Crippen molar-refractivity contribution in [2.24, 2.45) is 0 Å². The highest BCUT2D eigenvalue weighted by atomic mass is 35.5. The number of halogens is 3. The van der Waals surface area contributed by atoms with E-state index < -0.39 is 5.82 Å². The first kappa shape index (κ1) is 21.2. The Morgan fingerprint density at radius 3 is 2.24 bits per heavy atom. The average molecular weight is 449 g/mol. The highest BCUT2D eigenvalue weighted by Gasteiger charge is 2.09. The number of nitrogens with one attached hydrogen (secondary N) is 2. The largest absolute Gasteiger partial charge is 0.324 e. The van der Waals surface area contributed by atoms with Gasteiger partial charge >= 0.3 is 0 Å². The Morgan fingerprint density at radius 1 is 0.897 bits per heavy atom. The fraction of sp³-hybridized carbons (Fsp3) is 0.0476. The summed E-state index contributed by atoms with van der Waals surface area (Å²) in [5.74, 6) is -0.733. The van der Waals surface area contributed by atoms with E-state index in [2.05, 4.69) is 10.6 Å². The zero-order valence-corrected chi connectivity index (χ0v) is 17.2. The summed E-state index contributed by atoms with van der Waals surface area (Å²) in [6.07, 6.45) is 0. The second-order valence-electron chi connectivity index (χ2n) is 5.95. The molecule has 8 heteroatoms. The fourth-order valence-electron chi connectivity index (χ4n) is 2.37. The van der Waals surface area contributed by atoms with Crippen LogP contribution in [0.15, 0.2) is 71.6 Å². The number of thioether (sulfide) groups is 1. The van der Waals surface area contributed by atoms with Gasteiger partial charge in [-0.15, -0.1) is 11.8 Å². The maximum absolute atomic E-state index is 12.9. The molecule has 3 rings (SSSR count). The molecule has 0 saturated carbocycles. The van der Waals surface area contributed by atoms with Crippen LogP contribution in [0.3, 0.4) is 0 Å². The van der Waals surface area contributed by atoms with E-state index in [1.54, 1.807) is 42.5 Å². The first-order valence-corrected chi connectivity index (χ1v) is 10.2. The fourth-order valence-corrected chi connectivity index (χ4v) is 3.52. The number of hydrogen-bond donors (Lipinski definition) is 2. The molecule has 0 radical (unpaired) electrons. The summed E-state index contributed by atoms with van der Waals surface area (Å²) in [5, 5.41) is 6.34. The van der Waals surface area contributed by atoms with Crippen molar-refractivity contribution in [2.45, 2.75) is 4.90 Å². The molecule has 4 nitrogen and oxygen atoms in total. The number of rotatable bonds is 6. The summed E-state index contributed by atoms with van der Waals surface area (Å²) in [7, 11) is 0. The van der Waals surface area contributed by atoms with Gasteiger partial charge in [0.15, 0.2) is 0 Å². The average Bonchev–Trinajstić information content (AvgIpc) is 2.70. The predicted molar refractivity (Wildman–Crippen MR) is 117 cm³/mol. The molecule has 0 atom stereocenters. The van der Waals surface area contributed by atoms with Crippen LogP contribution in [0.4, 0.5) is 15.8 Å². The molecule has 29 heavy (non-hydrogen) atoms. The molecule has 0 aliphatic carbocycles. The van der Waals surface area contributed by atoms with Gasteiger partial charge in [0, 0.05) is 21.2 Å². The highest BCUT2D eigenvalue weighted by molar-refractivity contribution is 8.00. The van der Waals surface area contributed by atoms with E-state index in [1.165, 1.54) is 36.0 Å². The summed E-state index contributed by atoms with van der Waals surface area (Å²) in [6.45, 7) is 0. The van der Waals surface area contributed by atoms with Crippen LogP contribution in [0.5, 0.6) is 0 Å². The van der Waals surface area contributed by atoms with Crippen molar-refractivity contribution in [3.8, 4) is 0 Å². The normalized spacial score (nSPS) is 10.4. The molecule has 0 aromatic heterocycles. The quantitative estimate of drug-likeness (QED) is 0.446. The molecule has 0 bridgehead atoms. The van der Waals surface area contributed by atoms with Crippen LogP contribution in [0.2, 0.25) is 10.0 Å². The minimum absolute atomic E-state index is 0.195. The van der Waals surface area contributed by atoms with Crippen LogP contribution >= 0.6 is 35.0 Å². The van der Waals surface area contributed by atoms with E-state index in [9.17, 15) is 14.0 Å². The summed E-state index contributed by atoms with van der Waals surface area (Å²) in [5.41, 5.74) is 1.46. The van der Waals surface area contributed by atoms with Crippen LogP contribution in [-0.2, 0) is 4.79 Å². The van der Waals surface area contributed by atoms with E-state index in [1.807, 2.05) is 0 Å². The van der Waals surface area contributed by atoms with E-state index >= 15 is 0 Å². The molecule has 0 spiro atoms. The zero-order valence-electron chi connectivity index (χ0n) is 14.9. The van der Waals surface area contributed by atoms with E-state index in [0.29, 0.717) is 27.0 Å². The van der Waals surface area contributed by atoms with Crippen molar-refractivity contribution in [2.75, 3.05) is 16.4 Å². The lowest BCUT2D eigenvalue weighted by molar-refractivity contribution is -0.113. The van der Waals surface area contributed by atoms with Gasteiger partial charge < -0.3 is 10.6 Å². The SMILES string of the molecule is O=C(CSc1ccc(NC(=O)c2ccc(F)cc2)cc1)Nc1ccc(Cl)cc1Cl. The van der Waals surface area contributed by atoms with Crippen molar-refractivity contribution < 1.29 is 14.0 Å². The van der Waals surface area contributed by atoms with E-state index in [-0.39, 0.29) is 17.6 Å².